The van der Waals surface area contributed by atoms with E-state index >= 15 is 0 Å². The number of likely N-dealkylation sites (N-methyl/N-ethyl adjacent to an activating group) is 1. The van der Waals surface area contributed by atoms with E-state index in [0.717, 1.165) is 0 Å². The molecule has 0 amide bonds. The summed E-state index contributed by atoms with van der Waals surface area (Å²) < 4.78 is 5.25. The minimum absolute atomic E-state index is 0.0423. The number of carboxylic acids is 1. The Morgan fingerprint density at radius 3 is 2.80 bits per heavy atom. The topological polar surface area (TPSA) is 82.9 Å². The summed E-state index contributed by atoms with van der Waals surface area (Å²) in [6, 6.07) is 4.94. The van der Waals surface area contributed by atoms with Gasteiger partial charge in [0.2, 0.25) is 0 Å². The third kappa shape index (κ3) is 4.00. The van der Waals surface area contributed by atoms with E-state index in [1.165, 1.54) is 6.07 Å². The number of rotatable bonds is 5. The highest BCUT2D eigenvalue weighted by Crippen LogP contribution is 2.21. The van der Waals surface area contributed by atoms with Crippen molar-refractivity contribution in [2.45, 2.75) is 25.0 Å². The minimum atomic E-state index is -1.03. The SMILES string of the molecule is CN(Cc1cccc(C(=O)O)n1)CC1(O)CCOCC1. The standard InChI is InChI=1S/C14H20N2O4/c1-16(10-14(19)5-7-20-8-6-14)9-11-3-2-4-12(15-11)13(17)18/h2-4,19H,5-10H2,1H3,(H,17,18). The fourth-order valence-electron chi connectivity index (χ4n) is 2.43. The number of hydrogen-bond donors (Lipinski definition) is 2. The fourth-order valence-corrected chi connectivity index (χ4v) is 2.43. The molecule has 6 nitrogen and oxygen atoms in total. The Hall–Kier alpha value is -1.50. The molecule has 6 heteroatoms. The van der Waals surface area contributed by atoms with Gasteiger partial charge in [-0.15, -0.1) is 0 Å². The number of carboxylic acid groups (broad SMARTS) is 1. The van der Waals surface area contributed by atoms with Crippen molar-refractivity contribution in [2.24, 2.45) is 0 Å². The number of nitrogens with zero attached hydrogens (tertiary/aromatic N) is 2. The maximum atomic E-state index is 10.9. The van der Waals surface area contributed by atoms with Gasteiger partial charge in [-0.2, -0.15) is 0 Å². The van der Waals surface area contributed by atoms with Gasteiger partial charge in [0.1, 0.15) is 5.69 Å². The molecule has 2 rings (SSSR count). The Kier molecular flexibility index (Phi) is 4.69. The van der Waals surface area contributed by atoms with E-state index in [-0.39, 0.29) is 5.69 Å². The molecular weight excluding hydrogens is 260 g/mol. The van der Waals surface area contributed by atoms with Crippen LogP contribution >= 0.6 is 0 Å². The normalized spacial score (nSPS) is 18.1. The highest BCUT2D eigenvalue weighted by Gasteiger charge is 2.31. The van der Waals surface area contributed by atoms with Crippen molar-refractivity contribution >= 4 is 5.97 Å². The van der Waals surface area contributed by atoms with E-state index in [1.54, 1.807) is 12.1 Å². The Labute approximate surface area is 118 Å². The van der Waals surface area contributed by atoms with E-state index in [0.29, 0.717) is 44.8 Å². The van der Waals surface area contributed by atoms with Crippen LogP contribution in [0.1, 0.15) is 29.0 Å². The third-order valence-electron chi connectivity index (χ3n) is 3.45. The lowest BCUT2D eigenvalue weighted by atomic mass is 9.94. The molecule has 110 valence electrons. The summed E-state index contributed by atoms with van der Waals surface area (Å²) in [5.74, 6) is -1.03. The first-order valence-electron chi connectivity index (χ1n) is 6.66. The van der Waals surface area contributed by atoms with E-state index in [4.69, 9.17) is 9.84 Å². The molecule has 1 saturated heterocycles. The van der Waals surface area contributed by atoms with Gasteiger partial charge in [-0.25, -0.2) is 9.78 Å². The van der Waals surface area contributed by atoms with Crippen molar-refractivity contribution in [2.75, 3.05) is 26.8 Å². The van der Waals surface area contributed by atoms with Crippen LogP contribution in [0.25, 0.3) is 0 Å². The monoisotopic (exact) mass is 280 g/mol. The molecule has 1 aromatic heterocycles. The molecule has 0 aliphatic carbocycles. The lowest BCUT2D eigenvalue weighted by molar-refractivity contribution is -0.0778. The van der Waals surface area contributed by atoms with Crippen LogP contribution in [0.15, 0.2) is 18.2 Å². The summed E-state index contributed by atoms with van der Waals surface area (Å²) in [5, 5.41) is 19.3. The first-order valence-corrected chi connectivity index (χ1v) is 6.66. The van der Waals surface area contributed by atoms with Crippen LogP contribution in [0.4, 0.5) is 0 Å². The molecule has 0 bridgehead atoms. The highest BCUT2D eigenvalue weighted by molar-refractivity contribution is 5.85. The molecule has 1 fully saturated rings. The van der Waals surface area contributed by atoms with Crippen LogP contribution in [0, 0.1) is 0 Å². The summed E-state index contributed by atoms with van der Waals surface area (Å²) in [4.78, 5) is 16.9. The van der Waals surface area contributed by atoms with Crippen LogP contribution in [0.2, 0.25) is 0 Å². The predicted molar refractivity (Wildman–Crippen MR) is 72.5 cm³/mol. The number of pyridine rings is 1. The number of aromatic nitrogens is 1. The van der Waals surface area contributed by atoms with Crippen molar-refractivity contribution < 1.29 is 19.7 Å². The molecule has 0 radical (unpaired) electrons. The molecule has 0 unspecified atom stereocenters. The van der Waals surface area contributed by atoms with Crippen LogP contribution < -0.4 is 0 Å². The number of aliphatic hydroxyl groups is 1. The zero-order valence-electron chi connectivity index (χ0n) is 11.6. The van der Waals surface area contributed by atoms with E-state index in [2.05, 4.69) is 4.98 Å². The van der Waals surface area contributed by atoms with Gasteiger partial charge in [0.25, 0.3) is 0 Å². The second-order valence-electron chi connectivity index (χ2n) is 5.33. The van der Waals surface area contributed by atoms with Crippen molar-refractivity contribution in [3.8, 4) is 0 Å². The van der Waals surface area contributed by atoms with Crippen molar-refractivity contribution in [3.05, 3.63) is 29.6 Å². The lowest BCUT2D eigenvalue weighted by Crippen LogP contribution is -2.45. The van der Waals surface area contributed by atoms with Crippen LogP contribution in [0.3, 0.4) is 0 Å². The van der Waals surface area contributed by atoms with Crippen LogP contribution in [-0.2, 0) is 11.3 Å². The average molecular weight is 280 g/mol. The number of aromatic carboxylic acids is 1. The number of hydrogen-bond acceptors (Lipinski definition) is 5. The summed E-state index contributed by atoms with van der Waals surface area (Å²) in [5.41, 5.74) is 0.000890. The van der Waals surface area contributed by atoms with Crippen molar-refractivity contribution in [1.82, 2.24) is 9.88 Å². The van der Waals surface area contributed by atoms with Crippen LogP contribution in [-0.4, -0.2) is 58.5 Å². The molecule has 0 spiro atoms. The second-order valence-corrected chi connectivity index (χ2v) is 5.33. The van der Waals surface area contributed by atoms with Gasteiger partial charge in [-0.05, 0) is 19.2 Å². The summed E-state index contributed by atoms with van der Waals surface area (Å²) in [6.45, 7) is 2.19. The molecule has 20 heavy (non-hydrogen) atoms. The first-order chi connectivity index (χ1) is 9.48. The van der Waals surface area contributed by atoms with Crippen molar-refractivity contribution in [1.29, 1.82) is 0 Å². The Morgan fingerprint density at radius 1 is 1.45 bits per heavy atom. The molecule has 0 saturated carbocycles. The third-order valence-corrected chi connectivity index (χ3v) is 3.45. The van der Waals surface area contributed by atoms with Gasteiger partial charge in [0.15, 0.2) is 0 Å². The first kappa shape index (κ1) is 14.9. The number of carbonyl (C=O) groups is 1. The van der Waals surface area contributed by atoms with Gasteiger partial charge >= 0.3 is 5.97 Å². The second kappa shape index (κ2) is 6.30. The maximum absolute atomic E-state index is 10.9. The van der Waals surface area contributed by atoms with Gasteiger partial charge in [0, 0.05) is 39.1 Å². The van der Waals surface area contributed by atoms with E-state index < -0.39 is 11.6 Å². The van der Waals surface area contributed by atoms with Gasteiger partial charge in [-0.3, -0.25) is 4.90 Å². The zero-order valence-corrected chi connectivity index (χ0v) is 11.6. The maximum Gasteiger partial charge on any atom is 0.354 e. The predicted octanol–water partition coefficient (Wildman–Crippen LogP) is 0.753. The van der Waals surface area contributed by atoms with Gasteiger partial charge in [-0.1, -0.05) is 6.07 Å². The molecular formula is C14H20N2O4. The number of ether oxygens (including phenoxy) is 1. The summed E-state index contributed by atoms with van der Waals surface area (Å²) >= 11 is 0. The molecule has 1 aromatic rings. The largest absolute Gasteiger partial charge is 0.477 e. The van der Waals surface area contributed by atoms with E-state index in [1.807, 2.05) is 11.9 Å². The molecule has 2 heterocycles. The molecule has 0 atom stereocenters. The molecule has 1 aliphatic rings. The average Bonchev–Trinajstić information content (AvgIpc) is 2.39. The summed E-state index contributed by atoms with van der Waals surface area (Å²) in [7, 11) is 1.89. The lowest BCUT2D eigenvalue weighted by Gasteiger charge is -2.35. The summed E-state index contributed by atoms with van der Waals surface area (Å²) in [6.07, 6.45) is 1.25. The fraction of sp³-hybridized carbons (Fsp3) is 0.571. The molecule has 0 aromatic carbocycles. The Morgan fingerprint density at radius 2 is 2.15 bits per heavy atom. The smallest absolute Gasteiger partial charge is 0.354 e. The Balaban J connectivity index is 1.95. The van der Waals surface area contributed by atoms with Gasteiger partial charge < -0.3 is 14.9 Å². The van der Waals surface area contributed by atoms with E-state index in [9.17, 15) is 9.90 Å². The molecule has 1 aliphatic heterocycles. The minimum Gasteiger partial charge on any atom is -0.477 e. The molecule has 2 N–H and O–H groups in total. The zero-order chi connectivity index (χ0) is 14.6. The van der Waals surface area contributed by atoms with Gasteiger partial charge in [0.05, 0.1) is 11.3 Å². The highest BCUT2D eigenvalue weighted by atomic mass is 16.5. The van der Waals surface area contributed by atoms with Crippen LogP contribution in [0.5, 0.6) is 0 Å². The Bertz CT molecular complexity index is 472. The quantitative estimate of drug-likeness (QED) is 0.828. The van der Waals surface area contributed by atoms with Crippen molar-refractivity contribution in [3.63, 3.8) is 0 Å².